The summed E-state index contributed by atoms with van der Waals surface area (Å²) in [5.41, 5.74) is -1.43. The van der Waals surface area contributed by atoms with Crippen molar-refractivity contribution < 1.29 is 24.0 Å². The number of hydrogen-bond acceptors (Lipinski definition) is 7. The minimum atomic E-state index is -3.82. The molecule has 0 saturated carbocycles. The zero-order valence-electron chi connectivity index (χ0n) is 11.2. The molecule has 12 heteroatoms. The molecular weight excluding hydrogens is 362 g/mol. The lowest BCUT2D eigenvalue weighted by Crippen LogP contribution is -2.35. The number of nitrogens with zero attached hydrogens (tertiary/aromatic N) is 1. The van der Waals surface area contributed by atoms with Crippen molar-refractivity contribution in [3.8, 4) is 0 Å². The van der Waals surface area contributed by atoms with Crippen molar-refractivity contribution in [2.75, 3.05) is 6.61 Å². The van der Waals surface area contributed by atoms with E-state index in [1.165, 1.54) is 13.2 Å². The van der Waals surface area contributed by atoms with Crippen molar-refractivity contribution >= 4 is 28.6 Å². The Labute approximate surface area is 133 Å². The van der Waals surface area contributed by atoms with Crippen LogP contribution in [0, 0.1) is 0 Å². The summed E-state index contributed by atoms with van der Waals surface area (Å²) in [6.45, 7) is -0.442. The molecule has 0 spiro atoms. The van der Waals surface area contributed by atoms with Crippen LogP contribution in [0.2, 0.25) is 0 Å². The Balaban J connectivity index is 2.23. The highest BCUT2D eigenvalue weighted by molar-refractivity contribution is 8.05. The van der Waals surface area contributed by atoms with Crippen molar-refractivity contribution in [2.45, 2.75) is 24.4 Å². The molecule has 1 aliphatic rings. The van der Waals surface area contributed by atoms with E-state index in [0.29, 0.717) is 0 Å². The molecule has 0 radical (unpaired) electrons. The first-order valence-corrected chi connectivity index (χ1v) is 9.49. The Hall–Kier alpha value is -0.670. The summed E-state index contributed by atoms with van der Waals surface area (Å²) in [6.07, 6.45) is -7.78. The van der Waals surface area contributed by atoms with E-state index in [2.05, 4.69) is 9.51 Å². The second-order valence-electron chi connectivity index (χ2n) is 4.74. The number of aliphatic hydroxyl groups is 2. The molecule has 4 atom stereocenters. The van der Waals surface area contributed by atoms with Gasteiger partial charge in [-0.05, 0) is 22.5 Å². The fourth-order valence-electron chi connectivity index (χ4n) is 2.09. The van der Waals surface area contributed by atoms with Crippen LogP contribution in [-0.2, 0) is 20.9 Å². The molecule has 0 amide bonds. The number of rotatable bonds is 4. The molecule has 2 heterocycles. The number of aromatic amines is 1. The largest absolute Gasteiger partial charge is 0.387 e. The molecule has 9 nitrogen and oxygen atoms in total. The monoisotopic (exact) mass is 374 g/mol. The number of nitrogens with one attached hydrogen (secondary N) is 1. The SMILES string of the molecule is Cn1cc([C@@H]2O[C@H](COP(=O)(Cl)Cl)C(O)C2O)c(=O)[nH]c1=O. The zero-order valence-corrected chi connectivity index (χ0v) is 13.6. The fraction of sp³-hybridized carbons (Fsp3) is 0.600. The van der Waals surface area contributed by atoms with E-state index in [0.717, 1.165) is 4.57 Å². The van der Waals surface area contributed by atoms with Gasteiger partial charge in [0.1, 0.15) is 24.4 Å². The van der Waals surface area contributed by atoms with Gasteiger partial charge in [-0.25, -0.2) is 4.79 Å². The average Bonchev–Trinajstić information content (AvgIpc) is 2.68. The van der Waals surface area contributed by atoms with Crippen molar-refractivity contribution in [3.05, 3.63) is 32.6 Å². The van der Waals surface area contributed by atoms with Gasteiger partial charge in [0.05, 0.1) is 12.2 Å². The van der Waals surface area contributed by atoms with E-state index in [-0.39, 0.29) is 5.56 Å². The first-order chi connectivity index (χ1) is 10.1. The quantitative estimate of drug-likeness (QED) is 0.623. The second kappa shape index (κ2) is 6.45. The van der Waals surface area contributed by atoms with E-state index in [1.54, 1.807) is 0 Å². The first kappa shape index (κ1) is 17.7. The summed E-state index contributed by atoms with van der Waals surface area (Å²) in [6, 6.07) is 0. The highest BCUT2D eigenvalue weighted by Crippen LogP contribution is 2.57. The van der Waals surface area contributed by atoms with Gasteiger partial charge >= 0.3 is 11.8 Å². The maximum Gasteiger partial charge on any atom is 0.380 e. The normalized spacial score (nSPS) is 29.0. The lowest BCUT2D eigenvalue weighted by molar-refractivity contribution is -0.0159. The summed E-state index contributed by atoms with van der Waals surface area (Å²) in [7, 11) is 1.40. The molecule has 3 N–H and O–H groups in total. The van der Waals surface area contributed by atoms with E-state index >= 15 is 0 Å². The van der Waals surface area contributed by atoms with E-state index in [1.807, 2.05) is 0 Å². The number of aryl methyl sites for hydroxylation is 1. The first-order valence-electron chi connectivity index (χ1n) is 6.05. The van der Waals surface area contributed by atoms with Crippen LogP contribution in [0.15, 0.2) is 15.8 Å². The van der Waals surface area contributed by atoms with E-state index in [9.17, 15) is 24.4 Å². The molecule has 2 rings (SSSR count). The van der Waals surface area contributed by atoms with Crippen molar-refractivity contribution in [1.29, 1.82) is 0 Å². The number of hydrogen-bond donors (Lipinski definition) is 3. The molecule has 1 aromatic rings. The Morgan fingerprint density at radius 3 is 2.64 bits per heavy atom. The molecular formula is C10H13Cl2N2O7P. The number of H-pyrrole nitrogens is 1. The van der Waals surface area contributed by atoms with Crippen LogP contribution < -0.4 is 11.2 Å². The number of aliphatic hydroxyl groups excluding tert-OH is 2. The predicted octanol–water partition coefficient (Wildman–Crippen LogP) is -0.162. The van der Waals surface area contributed by atoms with Crippen molar-refractivity contribution in [2.24, 2.45) is 7.05 Å². The Kier molecular flexibility index (Phi) is 5.18. The Morgan fingerprint density at radius 1 is 1.41 bits per heavy atom. The number of aromatic nitrogens is 2. The third-order valence-corrected chi connectivity index (χ3v) is 4.23. The van der Waals surface area contributed by atoms with Crippen LogP contribution in [0.1, 0.15) is 11.7 Å². The van der Waals surface area contributed by atoms with Crippen LogP contribution in [0.25, 0.3) is 0 Å². The molecule has 1 aromatic heterocycles. The van der Waals surface area contributed by atoms with Gasteiger partial charge in [-0.1, -0.05) is 0 Å². The Bertz CT molecular complexity index is 714. The molecule has 22 heavy (non-hydrogen) atoms. The minimum Gasteiger partial charge on any atom is -0.387 e. The summed E-state index contributed by atoms with van der Waals surface area (Å²) >= 11 is 10.4. The summed E-state index contributed by atoms with van der Waals surface area (Å²) < 4.78 is 22.1. The summed E-state index contributed by atoms with van der Waals surface area (Å²) in [4.78, 5) is 25.2. The van der Waals surface area contributed by atoms with Gasteiger partial charge in [0.2, 0.25) is 0 Å². The van der Waals surface area contributed by atoms with Gasteiger partial charge in [-0.3, -0.25) is 14.3 Å². The summed E-state index contributed by atoms with van der Waals surface area (Å²) in [5, 5.41) is 19.9. The van der Waals surface area contributed by atoms with Crippen LogP contribution >= 0.6 is 28.6 Å². The third-order valence-electron chi connectivity index (χ3n) is 3.19. The minimum absolute atomic E-state index is 0.0453. The molecule has 0 bridgehead atoms. The van der Waals surface area contributed by atoms with Crippen LogP contribution in [0.3, 0.4) is 0 Å². The highest BCUT2D eigenvalue weighted by atomic mass is 35.9. The second-order valence-corrected chi connectivity index (χ2v) is 9.02. The zero-order chi connectivity index (χ0) is 16.7. The maximum atomic E-state index is 11.8. The van der Waals surface area contributed by atoms with Gasteiger partial charge in [0.25, 0.3) is 5.56 Å². The van der Waals surface area contributed by atoms with Crippen LogP contribution in [0.4, 0.5) is 0 Å². The number of halogens is 2. The fourth-order valence-corrected chi connectivity index (χ4v) is 2.75. The molecule has 1 saturated heterocycles. The van der Waals surface area contributed by atoms with Crippen LogP contribution in [0.5, 0.6) is 0 Å². The predicted molar refractivity (Wildman–Crippen MR) is 77.2 cm³/mol. The van der Waals surface area contributed by atoms with E-state index in [4.69, 9.17) is 27.2 Å². The molecule has 2 unspecified atom stereocenters. The highest BCUT2D eigenvalue weighted by Gasteiger charge is 2.45. The lowest BCUT2D eigenvalue weighted by atomic mass is 10.0. The molecule has 1 fully saturated rings. The smallest absolute Gasteiger partial charge is 0.380 e. The van der Waals surface area contributed by atoms with Crippen molar-refractivity contribution in [3.63, 3.8) is 0 Å². The van der Waals surface area contributed by atoms with Gasteiger partial charge in [0.15, 0.2) is 0 Å². The van der Waals surface area contributed by atoms with Gasteiger partial charge in [0, 0.05) is 13.2 Å². The topological polar surface area (TPSA) is 131 Å². The van der Waals surface area contributed by atoms with Gasteiger partial charge in [-0.2, -0.15) is 0 Å². The van der Waals surface area contributed by atoms with Gasteiger partial charge < -0.3 is 24.0 Å². The van der Waals surface area contributed by atoms with Gasteiger partial charge in [-0.15, -0.1) is 0 Å². The van der Waals surface area contributed by atoms with E-state index < -0.39 is 48.3 Å². The molecule has 124 valence electrons. The third kappa shape index (κ3) is 3.80. The lowest BCUT2D eigenvalue weighted by Gasteiger charge is -2.14. The molecule has 1 aliphatic heterocycles. The average molecular weight is 375 g/mol. The maximum absolute atomic E-state index is 11.8. The summed E-state index contributed by atoms with van der Waals surface area (Å²) in [5.74, 6) is 0. The Morgan fingerprint density at radius 2 is 2.05 bits per heavy atom. The van der Waals surface area contributed by atoms with Crippen molar-refractivity contribution in [1.82, 2.24) is 9.55 Å². The van der Waals surface area contributed by atoms with Crippen LogP contribution in [-0.4, -0.2) is 44.7 Å². The molecule has 0 aromatic carbocycles. The standard InChI is InChI=1S/C10H13Cl2N2O7P/c1-14-2-4(9(17)13-10(14)18)8-7(16)6(15)5(21-8)3-20-22(11,12)19/h2,5-8,15-16H,3H2,1H3,(H,13,17,18)/t5-,6?,7?,8+/m1/s1. The molecule has 0 aliphatic carbocycles. The number of ether oxygens (including phenoxy) is 1.